The van der Waals surface area contributed by atoms with Crippen molar-refractivity contribution in [2.45, 2.75) is 63.2 Å². The van der Waals surface area contributed by atoms with Crippen molar-refractivity contribution < 1.29 is 22.7 Å². The van der Waals surface area contributed by atoms with Crippen LogP contribution in [0.3, 0.4) is 0 Å². The molecule has 0 amide bonds. The molecule has 33 heavy (non-hydrogen) atoms. The fraction of sp³-hybridized carbons (Fsp3) is 0.480. The Morgan fingerprint density at radius 1 is 1.00 bits per heavy atom. The van der Waals surface area contributed by atoms with E-state index in [-0.39, 0.29) is 16.2 Å². The lowest BCUT2D eigenvalue weighted by atomic mass is 10.1. The van der Waals surface area contributed by atoms with E-state index in [1.54, 1.807) is 30.3 Å². The molecule has 2 N–H and O–H groups in total. The number of benzene rings is 2. The number of anilines is 1. The molecule has 0 saturated carbocycles. The Bertz CT molecular complexity index is 1020. The third-order valence-corrected chi connectivity index (χ3v) is 6.63. The van der Waals surface area contributed by atoms with Gasteiger partial charge in [-0.1, -0.05) is 57.2 Å². The zero-order valence-corrected chi connectivity index (χ0v) is 20.1. The Labute approximate surface area is 196 Å². The molecule has 1 fully saturated rings. The van der Waals surface area contributed by atoms with Crippen LogP contribution in [0.25, 0.3) is 0 Å². The van der Waals surface area contributed by atoms with Gasteiger partial charge >= 0.3 is 5.97 Å². The van der Waals surface area contributed by atoms with E-state index in [0.717, 1.165) is 45.2 Å². The molecule has 1 aliphatic rings. The van der Waals surface area contributed by atoms with Gasteiger partial charge in [0.15, 0.2) is 5.75 Å². The van der Waals surface area contributed by atoms with Gasteiger partial charge in [-0.05, 0) is 43.5 Å². The van der Waals surface area contributed by atoms with Gasteiger partial charge in [0.1, 0.15) is 10.6 Å². The molecule has 1 saturated heterocycles. The van der Waals surface area contributed by atoms with Gasteiger partial charge in [0.05, 0.1) is 17.9 Å². The quantitative estimate of drug-likeness (QED) is 0.333. The molecular weight excluding hydrogens is 440 g/mol. The van der Waals surface area contributed by atoms with Crippen LogP contribution in [0, 0.1) is 0 Å². The second-order valence-corrected chi connectivity index (χ2v) is 9.91. The lowest BCUT2D eigenvalue weighted by molar-refractivity contribution is 0.0497. The molecule has 0 aliphatic carbocycles. The Hall–Kier alpha value is -2.58. The summed E-state index contributed by atoms with van der Waals surface area (Å²) in [5, 5.41) is 5.55. The normalized spacial score (nSPS) is 13.8. The van der Waals surface area contributed by atoms with Crippen molar-refractivity contribution in [3.05, 3.63) is 48.0 Å². The minimum atomic E-state index is -4.16. The second-order valence-electron chi connectivity index (χ2n) is 8.38. The third kappa shape index (κ3) is 7.20. The number of esters is 1. The maximum atomic E-state index is 12.8. The van der Waals surface area contributed by atoms with E-state index in [2.05, 4.69) is 6.92 Å². The molecule has 0 aromatic heterocycles. The third-order valence-electron chi connectivity index (χ3n) is 5.72. The van der Waals surface area contributed by atoms with Crippen molar-refractivity contribution in [1.82, 2.24) is 0 Å². The molecule has 7 nitrogen and oxygen atoms in total. The largest absolute Gasteiger partial charge is 0.462 e. The van der Waals surface area contributed by atoms with Crippen molar-refractivity contribution in [3.8, 4) is 11.5 Å². The van der Waals surface area contributed by atoms with Crippen molar-refractivity contribution in [2.24, 2.45) is 5.14 Å². The fourth-order valence-corrected chi connectivity index (χ4v) is 4.65. The molecule has 0 atom stereocenters. The highest BCUT2D eigenvalue weighted by Crippen LogP contribution is 2.40. The zero-order chi connectivity index (χ0) is 23.7. The smallest absolute Gasteiger partial charge is 0.338 e. The molecule has 3 rings (SSSR count). The number of rotatable bonds is 12. The maximum Gasteiger partial charge on any atom is 0.338 e. The van der Waals surface area contributed by atoms with Crippen LogP contribution in [0.4, 0.5) is 5.69 Å². The summed E-state index contributed by atoms with van der Waals surface area (Å²) < 4.78 is 36.4. The van der Waals surface area contributed by atoms with Gasteiger partial charge < -0.3 is 14.4 Å². The number of hydrogen-bond acceptors (Lipinski definition) is 6. The predicted molar refractivity (Wildman–Crippen MR) is 129 cm³/mol. The van der Waals surface area contributed by atoms with Crippen LogP contribution in [0.15, 0.2) is 47.4 Å². The standard InChI is InChI=1S/C25H34N2O5S/c1-2-3-4-5-6-12-17-31-25(28)20-18-22(27-15-10-11-16-27)24(23(19-20)33(26,29)30)32-21-13-8-7-9-14-21/h7-9,13-14,18-19H,2-6,10-12,15-17H2,1H3,(H2,26,29,30). The van der Waals surface area contributed by atoms with Crippen molar-refractivity contribution in [2.75, 3.05) is 24.6 Å². The van der Waals surface area contributed by atoms with Crippen LogP contribution in [0.2, 0.25) is 0 Å². The summed E-state index contributed by atoms with van der Waals surface area (Å²) in [5.41, 5.74) is 0.696. The molecule has 8 heteroatoms. The summed E-state index contributed by atoms with van der Waals surface area (Å²) in [5.74, 6) is 0.0690. The number of carbonyl (C=O) groups is 1. The van der Waals surface area contributed by atoms with Gasteiger partial charge in [-0.3, -0.25) is 0 Å². The Morgan fingerprint density at radius 3 is 2.33 bits per heavy atom. The monoisotopic (exact) mass is 474 g/mol. The number of unbranched alkanes of at least 4 members (excludes halogenated alkanes) is 5. The van der Waals surface area contributed by atoms with Crippen LogP contribution in [0.1, 0.15) is 68.6 Å². The maximum absolute atomic E-state index is 12.8. The minimum absolute atomic E-state index is 0.137. The van der Waals surface area contributed by atoms with E-state index < -0.39 is 16.0 Å². The average Bonchev–Trinajstić information content (AvgIpc) is 3.33. The lowest BCUT2D eigenvalue weighted by Gasteiger charge is -2.24. The summed E-state index contributed by atoms with van der Waals surface area (Å²) in [4.78, 5) is 14.6. The molecule has 180 valence electrons. The van der Waals surface area contributed by atoms with E-state index in [4.69, 9.17) is 14.6 Å². The van der Waals surface area contributed by atoms with Gasteiger partial charge in [0.25, 0.3) is 0 Å². The number of primary sulfonamides is 1. The van der Waals surface area contributed by atoms with Crippen molar-refractivity contribution in [1.29, 1.82) is 0 Å². The van der Waals surface area contributed by atoms with Crippen LogP contribution >= 0.6 is 0 Å². The first-order valence-electron chi connectivity index (χ1n) is 11.8. The highest BCUT2D eigenvalue weighted by Gasteiger charge is 2.27. The summed E-state index contributed by atoms with van der Waals surface area (Å²) >= 11 is 0. The molecular formula is C25H34N2O5S. The average molecular weight is 475 g/mol. The molecule has 0 bridgehead atoms. The number of nitrogens with two attached hydrogens (primary N) is 1. The van der Waals surface area contributed by atoms with E-state index in [9.17, 15) is 13.2 Å². The van der Waals surface area contributed by atoms with Crippen LogP contribution in [-0.2, 0) is 14.8 Å². The molecule has 0 spiro atoms. The van der Waals surface area contributed by atoms with Gasteiger partial charge in [0, 0.05) is 13.1 Å². The van der Waals surface area contributed by atoms with E-state index >= 15 is 0 Å². The number of hydrogen-bond donors (Lipinski definition) is 1. The molecule has 1 aliphatic heterocycles. The molecule has 0 radical (unpaired) electrons. The van der Waals surface area contributed by atoms with Gasteiger partial charge in [-0.25, -0.2) is 18.4 Å². The molecule has 2 aromatic carbocycles. The van der Waals surface area contributed by atoms with E-state index in [1.807, 2.05) is 11.0 Å². The SMILES string of the molecule is CCCCCCCCOC(=O)c1cc(N2CCCC2)c(Oc2ccccc2)c(S(N)(=O)=O)c1. The Kier molecular flexibility index (Phi) is 9.14. The predicted octanol–water partition coefficient (Wildman–Crippen LogP) is 5.24. The van der Waals surface area contributed by atoms with Crippen LogP contribution < -0.4 is 14.8 Å². The topological polar surface area (TPSA) is 98.9 Å². The number of carbonyl (C=O) groups excluding carboxylic acids is 1. The van der Waals surface area contributed by atoms with E-state index in [0.29, 0.717) is 18.0 Å². The number of sulfonamides is 1. The van der Waals surface area contributed by atoms with Gasteiger partial charge in [-0.15, -0.1) is 0 Å². The molecule has 0 unspecified atom stereocenters. The lowest BCUT2D eigenvalue weighted by Crippen LogP contribution is -2.22. The van der Waals surface area contributed by atoms with Gasteiger partial charge in [0.2, 0.25) is 10.0 Å². The first-order valence-corrected chi connectivity index (χ1v) is 13.3. The number of nitrogens with zero attached hydrogens (tertiary/aromatic N) is 1. The summed E-state index contributed by atoms with van der Waals surface area (Å²) in [6, 6.07) is 11.8. The van der Waals surface area contributed by atoms with E-state index in [1.165, 1.54) is 25.3 Å². The van der Waals surface area contributed by atoms with Crippen molar-refractivity contribution >= 4 is 21.7 Å². The summed E-state index contributed by atoms with van der Waals surface area (Å²) in [7, 11) is -4.16. The van der Waals surface area contributed by atoms with Gasteiger partial charge in [-0.2, -0.15) is 0 Å². The highest BCUT2D eigenvalue weighted by atomic mass is 32.2. The first-order chi connectivity index (χ1) is 15.9. The minimum Gasteiger partial charge on any atom is -0.462 e. The highest BCUT2D eigenvalue weighted by molar-refractivity contribution is 7.89. The zero-order valence-electron chi connectivity index (χ0n) is 19.3. The number of ether oxygens (including phenoxy) is 2. The first kappa shape index (κ1) is 25.1. The van der Waals surface area contributed by atoms with Crippen molar-refractivity contribution in [3.63, 3.8) is 0 Å². The number of para-hydroxylation sites is 1. The molecule has 1 heterocycles. The summed E-state index contributed by atoms with van der Waals surface area (Å²) in [6.45, 7) is 3.96. The van der Waals surface area contributed by atoms with Crippen LogP contribution in [0.5, 0.6) is 11.5 Å². The van der Waals surface area contributed by atoms with Crippen LogP contribution in [-0.4, -0.2) is 34.1 Å². The summed E-state index contributed by atoms with van der Waals surface area (Å²) in [6.07, 6.45) is 8.43. The fourth-order valence-electron chi connectivity index (χ4n) is 3.95. The Morgan fingerprint density at radius 2 is 1.67 bits per heavy atom. The second kappa shape index (κ2) is 12.0. The Balaban J connectivity index is 1.86. The molecule has 2 aromatic rings.